The Morgan fingerprint density at radius 2 is 1.83 bits per heavy atom. The minimum Gasteiger partial charge on any atom is -0.481 e. The van der Waals surface area contributed by atoms with Crippen LogP contribution < -0.4 is 16.4 Å². The molecule has 0 unspecified atom stereocenters. The highest BCUT2D eigenvalue weighted by atomic mass is 16.5. The Morgan fingerprint density at radius 1 is 1.17 bits per heavy atom. The Balaban J connectivity index is 2.32. The molecule has 9 nitrogen and oxygen atoms in total. The lowest BCUT2D eigenvalue weighted by molar-refractivity contribution is -0.140. The second-order valence-corrected chi connectivity index (χ2v) is 4.54. The molecular weight excluding hydrogens is 306 g/mol. The Morgan fingerprint density at radius 3 is 2.39 bits per heavy atom. The van der Waals surface area contributed by atoms with Crippen LogP contribution in [0.25, 0.3) is 0 Å². The summed E-state index contributed by atoms with van der Waals surface area (Å²) in [5.41, 5.74) is 5.75. The van der Waals surface area contributed by atoms with E-state index in [-0.39, 0.29) is 6.61 Å². The maximum atomic E-state index is 11.5. The van der Waals surface area contributed by atoms with E-state index in [1.165, 1.54) is 0 Å². The van der Waals surface area contributed by atoms with Gasteiger partial charge in [0.1, 0.15) is 19.2 Å². The van der Waals surface area contributed by atoms with Gasteiger partial charge in [0, 0.05) is 0 Å². The maximum Gasteiger partial charge on any atom is 0.407 e. The third-order valence-electron chi connectivity index (χ3n) is 2.66. The molecule has 3 amide bonds. The molecule has 0 heterocycles. The van der Waals surface area contributed by atoms with Gasteiger partial charge in [-0.2, -0.15) is 0 Å². The number of carboxylic acids is 1. The minimum atomic E-state index is -1.35. The van der Waals surface area contributed by atoms with Crippen molar-refractivity contribution < 1.29 is 29.0 Å². The largest absolute Gasteiger partial charge is 0.481 e. The Kier molecular flexibility index (Phi) is 7.05. The Bertz CT molecular complexity index is 575. The first-order valence-electron chi connectivity index (χ1n) is 6.63. The summed E-state index contributed by atoms with van der Waals surface area (Å²) in [5, 5.41) is 12.9. The predicted molar refractivity (Wildman–Crippen MR) is 78.0 cm³/mol. The number of nitrogens with one attached hydrogen (secondary N) is 2. The van der Waals surface area contributed by atoms with Crippen molar-refractivity contribution in [2.24, 2.45) is 5.73 Å². The third kappa shape index (κ3) is 7.46. The smallest absolute Gasteiger partial charge is 0.407 e. The molecular formula is C14H17N3O6. The van der Waals surface area contributed by atoms with Crippen LogP contribution in [0, 0.1) is 0 Å². The molecule has 0 fully saturated rings. The van der Waals surface area contributed by atoms with Crippen LogP contribution in [0.15, 0.2) is 30.3 Å². The quantitative estimate of drug-likeness (QED) is 0.500. The second kappa shape index (κ2) is 9.03. The molecule has 1 rings (SSSR count). The van der Waals surface area contributed by atoms with E-state index in [1.54, 1.807) is 24.3 Å². The summed E-state index contributed by atoms with van der Waals surface area (Å²) in [7, 11) is 0. The van der Waals surface area contributed by atoms with E-state index in [1.807, 2.05) is 6.07 Å². The molecule has 0 spiro atoms. The maximum absolute atomic E-state index is 11.5. The average Bonchev–Trinajstić information content (AvgIpc) is 2.50. The summed E-state index contributed by atoms with van der Waals surface area (Å²) >= 11 is 0. The SMILES string of the molecule is NC(=O)[C@H](CC(=O)O)NC(=O)CNC(=O)OCc1ccccc1. The fourth-order valence-electron chi connectivity index (χ4n) is 1.57. The van der Waals surface area contributed by atoms with Gasteiger partial charge >= 0.3 is 12.1 Å². The molecule has 23 heavy (non-hydrogen) atoms. The van der Waals surface area contributed by atoms with E-state index in [2.05, 4.69) is 10.6 Å². The first-order chi connectivity index (χ1) is 10.9. The van der Waals surface area contributed by atoms with Crippen molar-refractivity contribution in [3.05, 3.63) is 35.9 Å². The van der Waals surface area contributed by atoms with Gasteiger partial charge < -0.3 is 26.2 Å². The molecule has 5 N–H and O–H groups in total. The fourth-order valence-corrected chi connectivity index (χ4v) is 1.57. The first-order valence-corrected chi connectivity index (χ1v) is 6.63. The third-order valence-corrected chi connectivity index (χ3v) is 2.66. The number of rotatable bonds is 8. The van der Waals surface area contributed by atoms with Crippen LogP contribution in [0.3, 0.4) is 0 Å². The number of nitrogens with two attached hydrogens (primary N) is 1. The zero-order valence-electron chi connectivity index (χ0n) is 12.2. The Hall–Kier alpha value is -3.10. The van der Waals surface area contributed by atoms with Crippen molar-refractivity contribution >= 4 is 23.9 Å². The standard InChI is InChI=1S/C14H17N3O6/c15-13(21)10(6-12(19)20)17-11(18)7-16-14(22)23-8-9-4-2-1-3-5-9/h1-5,10H,6-8H2,(H2,15,21)(H,16,22)(H,17,18)(H,19,20)/t10-/m0/s1. The van der Waals surface area contributed by atoms with Gasteiger partial charge in [-0.1, -0.05) is 30.3 Å². The molecule has 0 aliphatic heterocycles. The van der Waals surface area contributed by atoms with E-state index >= 15 is 0 Å². The summed E-state index contributed by atoms with van der Waals surface area (Å²) in [6.07, 6.45) is -1.46. The zero-order chi connectivity index (χ0) is 17.2. The highest BCUT2D eigenvalue weighted by Gasteiger charge is 2.21. The van der Waals surface area contributed by atoms with Crippen LogP contribution in [-0.4, -0.2) is 41.6 Å². The lowest BCUT2D eigenvalue weighted by Crippen LogP contribution is -2.48. The topological polar surface area (TPSA) is 148 Å². The monoisotopic (exact) mass is 323 g/mol. The van der Waals surface area contributed by atoms with Crippen LogP contribution in [0.4, 0.5) is 4.79 Å². The van der Waals surface area contributed by atoms with E-state index in [0.717, 1.165) is 5.56 Å². The minimum absolute atomic E-state index is 0.0389. The molecule has 1 aromatic rings. The van der Waals surface area contributed by atoms with Crippen molar-refractivity contribution in [3.63, 3.8) is 0 Å². The van der Waals surface area contributed by atoms with Gasteiger partial charge in [-0.25, -0.2) is 4.79 Å². The number of carbonyl (C=O) groups excluding carboxylic acids is 3. The van der Waals surface area contributed by atoms with E-state index in [9.17, 15) is 19.2 Å². The predicted octanol–water partition coefficient (Wildman–Crippen LogP) is -0.642. The molecule has 0 aliphatic carbocycles. The average molecular weight is 323 g/mol. The lowest BCUT2D eigenvalue weighted by atomic mass is 10.2. The van der Waals surface area contributed by atoms with Gasteiger partial charge in [0.15, 0.2) is 0 Å². The number of primary amides is 1. The van der Waals surface area contributed by atoms with Crippen molar-refractivity contribution in [1.82, 2.24) is 10.6 Å². The highest BCUT2D eigenvalue weighted by molar-refractivity contribution is 5.91. The number of aliphatic carboxylic acids is 1. The number of ether oxygens (including phenoxy) is 1. The Labute approximate surface area is 131 Å². The summed E-state index contributed by atoms with van der Waals surface area (Å²) in [6.45, 7) is -0.436. The summed E-state index contributed by atoms with van der Waals surface area (Å²) in [4.78, 5) is 44.5. The van der Waals surface area contributed by atoms with Gasteiger partial charge in [0.05, 0.1) is 6.42 Å². The molecule has 124 valence electrons. The number of carboxylic acid groups (broad SMARTS) is 1. The normalized spacial score (nSPS) is 11.1. The molecule has 0 radical (unpaired) electrons. The van der Waals surface area contributed by atoms with Gasteiger partial charge in [-0.05, 0) is 5.56 Å². The number of carbonyl (C=O) groups is 4. The first kappa shape index (κ1) is 18.0. The molecule has 0 saturated carbocycles. The fraction of sp³-hybridized carbons (Fsp3) is 0.286. The van der Waals surface area contributed by atoms with Crippen molar-refractivity contribution in [3.8, 4) is 0 Å². The van der Waals surface area contributed by atoms with E-state index < -0.39 is 42.9 Å². The van der Waals surface area contributed by atoms with Crippen LogP contribution >= 0.6 is 0 Å². The lowest BCUT2D eigenvalue weighted by Gasteiger charge is -2.13. The number of hydrogen-bond acceptors (Lipinski definition) is 5. The van der Waals surface area contributed by atoms with Crippen molar-refractivity contribution in [1.29, 1.82) is 0 Å². The number of amides is 3. The van der Waals surface area contributed by atoms with E-state index in [4.69, 9.17) is 15.6 Å². The van der Waals surface area contributed by atoms with Crippen molar-refractivity contribution in [2.45, 2.75) is 19.1 Å². The van der Waals surface area contributed by atoms with Crippen LogP contribution in [-0.2, 0) is 25.7 Å². The molecule has 1 atom stereocenters. The van der Waals surface area contributed by atoms with Gasteiger partial charge in [0.25, 0.3) is 0 Å². The van der Waals surface area contributed by atoms with Gasteiger partial charge in [0.2, 0.25) is 11.8 Å². The van der Waals surface area contributed by atoms with Crippen molar-refractivity contribution in [2.75, 3.05) is 6.54 Å². The molecule has 9 heteroatoms. The molecule has 0 bridgehead atoms. The molecule has 0 saturated heterocycles. The number of benzene rings is 1. The zero-order valence-corrected chi connectivity index (χ0v) is 12.2. The summed E-state index contributed by atoms with van der Waals surface area (Å²) in [5.74, 6) is -3.02. The highest BCUT2D eigenvalue weighted by Crippen LogP contribution is 2.00. The van der Waals surface area contributed by atoms with Crippen LogP contribution in [0.5, 0.6) is 0 Å². The van der Waals surface area contributed by atoms with Gasteiger partial charge in [-0.3, -0.25) is 14.4 Å². The number of alkyl carbamates (subject to hydrolysis) is 1. The second-order valence-electron chi connectivity index (χ2n) is 4.54. The van der Waals surface area contributed by atoms with Gasteiger partial charge in [-0.15, -0.1) is 0 Å². The van der Waals surface area contributed by atoms with Crippen LogP contribution in [0.2, 0.25) is 0 Å². The van der Waals surface area contributed by atoms with E-state index in [0.29, 0.717) is 0 Å². The molecule has 0 aliphatic rings. The summed E-state index contributed by atoms with van der Waals surface area (Å²) in [6, 6.07) is 7.59. The molecule has 0 aromatic heterocycles. The van der Waals surface area contributed by atoms with Crippen LogP contribution in [0.1, 0.15) is 12.0 Å². The molecule has 1 aromatic carbocycles. The summed E-state index contributed by atoms with van der Waals surface area (Å²) < 4.78 is 4.88. The number of hydrogen-bond donors (Lipinski definition) is 4.